The van der Waals surface area contributed by atoms with E-state index >= 15 is 0 Å². The van der Waals surface area contributed by atoms with Gasteiger partial charge in [-0.15, -0.1) is 0 Å². The molecule has 1 nitrogen and oxygen atoms in total. The van der Waals surface area contributed by atoms with Gasteiger partial charge in [-0.3, -0.25) is 0 Å². The van der Waals surface area contributed by atoms with Gasteiger partial charge in [0, 0.05) is 5.92 Å². The maximum absolute atomic E-state index is 13.0. The van der Waals surface area contributed by atoms with Crippen molar-refractivity contribution < 1.29 is 31.4 Å². The van der Waals surface area contributed by atoms with Gasteiger partial charge in [0.1, 0.15) is 0 Å². The first-order valence-electron chi connectivity index (χ1n) is 8.85. The molecule has 1 rings (SSSR count). The van der Waals surface area contributed by atoms with Crippen molar-refractivity contribution in [3.8, 4) is 0 Å². The number of rotatable bonds is 3. The standard InChI is InChI=1S/C19H30F6O/c1-15(2,3)11-14(16(4,5)6)12-7-9-13(10-8-12)17(26,18(20,21)22)19(23,24)25/h7,9,12-14,26H,8,10-11H2,1-6H3. The molecule has 1 aliphatic rings. The molecule has 1 aliphatic carbocycles. The Morgan fingerprint density at radius 3 is 1.58 bits per heavy atom. The summed E-state index contributed by atoms with van der Waals surface area (Å²) in [6.07, 6.45) is -8.53. The van der Waals surface area contributed by atoms with E-state index in [1.807, 2.05) is 20.8 Å². The second kappa shape index (κ2) is 7.02. The van der Waals surface area contributed by atoms with Crippen molar-refractivity contribution in [2.24, 2.45) is 28.6 Å². The Morgan fingerprint density at radius 2 is 1.31 bits per heavy atom. The average Bonchev–Trinajstić information content (AvgIpc) is 2.39. The maximum atomic E-state index is 13.0. The normalized spacial score (nSPS) is 24.7. The molecule has 0 saturated carbocycles. The summed E-state index contributed by atoms with van der Waals surface area (Å²) in [5.41, 5.74) is -4.86. The van der Waals surface area contributed by atoms with Crippen LogP contribution in [0.3, 0.4) is 0 Å². The van der Waals surface area contributed by atoms with Crippen LogP contribution in [-0.4, -0.2) is 23.1 Å². The van der Waals surface area contributed by atoms with Gasteiger partial charge in [0.05, 0.1) is 0 Å². The zero-order chi connectivity index (χ0) is 20.8. The van der Waals surface area contributed by atoms with Crippen LogP contribution >= 0.6 is 0 Å². The lowest BCUT2D eigenvalue weighted by molar-refractivity contribution is -0.381. The number of aliphatic hydroxyl groups is 1. The van der Waals surface area contributed by atoms with Gasteiger partial charge in [0.25, 0.3) is 5.60 Å². The molecule has 26 heavy (non-hydrogen) atoms. The molecule has 3 atom stereocenters. The van der Waals surface area contributed by atoms with E-state index in [9.17, 15) is 31.4 Å². The van der Waals surface area contributed by atoms with Crippen LogP contribution in [0.2, 0.25) is 0 Å². The summed E-state index contributed by atoms with van der Waals surface area (Å²) in [5.74, 6) is -2.02. The van der Waals surface area contributed by atoms with E-state index < -0.39 is 23.9 Å². The maximum Gasteiger partial charge on any atom is 0.426 e. The number of hydrogen-bond acceptors (Lipinski definition) is 1. The first kappa shape index (κ1) is 23.3. The summed E-state index contributed by atoms with van der Waals surface area (Å²) in [7, 11) is 0. The summed E-state index contributed by atoms with van der Waals surface area (Å²) >= 11 is 0. The van der Waals surface area contributed by atoms with Crippen molar-refractivity contribution in [2.75, 3.05) is 0 Å². The van der Waals surface area contributed by atoms with Gasteiger partial charge in [-0.05, 0) is 41.9 Å². The van der Waals surface area contributed by atoms with Gasteiger partial charge >= 0.3 is 12.4 Å². The molecule has 7 heteroatoms. The molecule has 0 aromatic rings. The lowest BCUT2D eigenvalue weighted by atomic mass is 9.63. The van der Waals surface area contributed by atoms with Crippen molar-refractivity contribution in [1.29, 1.82) is 0 Å². The zero-order valence-electron chi connectivity index (χ0n) is 16.2. The van der Waals surface area contributed by atoms with Crippen LogP contribution in [-0.2, 0) is 0 Å². The first-order valence-corrected chi connectivity index (χ1v) is 8.85. The van der Waals surface area contributed by atoms with Crippen LogP contribution in [0.1, 0.15) is 60.8 Å². The van der Waals surface area contributed by atoms with Crippen LogP contribution in [0.4, 0.5) is 26.3 Å². The van der Waals surface area contributed by atoms with Gasteiger partial charge in [-0.1, -0.05) is 53.7 Å². The summed E-state index contributed by atoms with van der Waals surface area (Å²) in [4.78, 5) is 0. The molecule has 0 fully saturated rings. The van der Waals surface area contributed by atoms with Crippen LogP contribution in [0.15, 0.2) is 12.2 Å². The van der Waals surface area contributed by atoms with E-state index in [2.05, 4.69) is 20.8 Å². The number of halogens is 6. The highest BCUT2D eigenvalue weighted by atomic mass is 19.4. The van der Waals surface area contributed by atoms with Crippen molar-refractivity contribution >= 4 is 0 Å². The lowest BCUT2D eigenvalue weighted by Gasteiger charge is -2.44. The predicted molar refractivity (Wildman–Crippen MR) is 89.4 cm³/mol. The van der Waals surface area contributed by atoms with Crippen LogP contribution in [0.5, 0.6) is 0 Å². The second-order valence-electron chi connectivity index (χ2n) is 9.73. The SMILES string of the molecule is CC(C)(C)CC(C1C=CC(C(O)(C(F)(F)F)C(F)(F)F)CC1)C(C)(C)C. The summed E-state index contributed by atoms with van der Waals surface area (Å²) in [5, 5.41) is 9.58. The Hall–Kier alpha value is -0.720. The van der Waals surface area contributed by atoms with Gasteiger partial charge in [-0.2, -0.15) is 26.3 Å². The van der Waals surface area contributed by atoms with Gasteiger partial charge in [0.15, 0.2) is 0 Å². The Bertz CT molecular complexity index is 490. The van der Waals surface area contributed by atoms with Crippen molar-refractivity contribution in [2.45, 2.75) is 78.8 Å². The van der Waals surface area contributed by atoms with E-state index in [0.29, 0.717) is 0 Å². The predicted octanol–water partition coefficient (Wildman–Crippen LogP) is 6.52. The minimum atomic E-state index is -5.78. The second-order valence-corrected chi connectivity index (χ2v) is 9.73. The number of alkyl halides is 6. The molecular formula is C19H30F6O. The third-order valence-electron chi connectivity index (χ3n) is 5.26. The Labute approximate surface area is 151 Å². The van der Waals surface area contributed by atoms with E-state index in [1.165, 1.54) is 6.08 Å². The molecule has 0 aliphatic heterocycles. The fourth-order valence-electron chi connectivity index (χ4n) is 3.87. The topological polar surface area (TPSA) is 20.2 Å². The van der Waals surface area contributed by atoms with Crippen molar-refractivity contribution in [3.05, 3.63) is 12.2 Å². The molecule has 3 unspecified atom stereocenters. The molecule has 0 spiro atoms. The van der Waals surface area contributed by atoms with E-state index in [1.54, 1.807) is 0 Å². The molecule has 0 aromatic carbocycles. The highest BCUT2D eigenvalue weighted by molar-refractivity contribution is 5.12. The summed E-state index contributed by atoms with van der Waals surface area (Å²) in [6.45, 7) is 12.3. The minimum absolute atomic E-state index is 0.0126. The Balaban J connectivity index is 3.15. The van der Waals surface area contributed by atoms with E-state index in [4.69, 9.17) is 0 Å². The van der Waals surface area contributed by atoms with E-state index in [-0.39, 0.29) is 35.5 Å². The van der Waals surface area contributed by atoms with Crippen LogP contribution in [0, 0.1) is 28.6 Å². The minimum Gasteiger partial charge on any atom is -0.373 e. The van der Waals surface area contributed by atoms with Gasteiger partial charge in [-0.25, -0.2) is 0 Å². The van der Waals surface area contributed by atoms with Crippen LogP contribution in [0.25, 0.3) is 0 Å². The average molecular weight is 388 g/mol. The molecule has 0 saturated heterocycles. The third kappa shape index (κ3) is 4.96. The lowest BCUT2D eigenvalue weighted by Crippen LogP contribution is -2.61. The van der Waals surface area contributed by atoms with Crippen molar-refractivity contribution in [3.63, 3.8) is 0 Å². The monoisotopic (exact) mass is 388 g/mol. The smallest absolute Gasteiger partial charge is 0.373 e. The zero-order valence-corrected chi connectivity index (χ0v) is 16.2. The molecule has 1 N–H and O–H groups in total. The molecule has 154 valence electrons. The third-order valence-corrected chi connectivity index (χ3v) is 5.26. The highest BCUT2D eigenvalue weighted by Gasteiger charge is 2.73. The quantitative estimate of drug-likeness (QED) is 0.431. The number of hydrogen-bond donors (Lipinski definition) is 1. The van der Waals surface area contributed by atoms with E-state index in [0.717, 1.165) is 12.5 Å². The summed E-state index contributed by atoms with van der Waals surface area (Å²) in [6, 6.07) is 0. The number of allylic oxidation sites excluding steroid dienone is 1. The van der Waals surface area contributed by atoms with Gasteiger partial charge in [0.2, 0.25) is 0 Å². The molecule has 0 heterocycles. The largest absolute Gasteiger partial charge is 0.426 e. The molecular weight excluding hydrogens is 358 g/mol. The molecule has 0 aromatic heterocycles. The summed E-state index contributed by atoms with van der Waals surface area (Å²) < 4.78 is 78.3. The first-order chi connectivity index (χ1) is 11.3. The molecule has 0 amide bonds. The van der Waals surface area contributed by atoms with Crippen LogP contribution < -0.4 is 0 Å². The molecule has 0 bridgehead atoms. The highest BCUT2D eigenvalue weighted by Crippen LogP contribution is 2.52. The fourth-order valence-corrected chi connectivity index (χ4v) is 3.87. The Kier molecular flexibility index (Phi) is 6.30. The Morgan fingerprint density at radius 1 is 0.846 bits per heavy atom. The van der Waals surface area contributed by atoms with Crippen molar-refractivity contribution in [1.82, 2.24) is 0 Å². The fraction of sp³-hybridized carbons (Fsp3) is 0.895. The van der Waals surface area contributed by atoms with Gasteiger partial charge < -0.3 is 5.11 Å². The molecule has 0 radical (unpaired) electrons.